The summed E-state index contributed by atoms with van der Waals surface area (Å²) in [5, 5.41) is 9.47. The zero-order chi connectivity index (χ0) is 17.0. The first kappa shape index (κ1) is 22.5. The average molecular weight is 466 g/mol. The Balaban J connectivity index is 0.00000312. The van der Waals surface area contributed by atoms with Crippen LogP contribution < -0.4 is 16.0 Å². The normalized spacial score (nSPS) is 17.9. The predicted molar refractivity (Wildman–Crippen MR) is 113 cm³/mol. The van der Waals surface area contributed by atoms with E-state index < -0.39 is 0 Å². The number of hydrogen-bond acceptors (Lipinski definition) is 3. The number of hydrogen-bond donors (Lipinski definition) is 3. The molecule has 25 heavy (non-hydrogen) atoms. The molecule has 0 bridgehead atoms. The Kier molecular flexibility index (Phi) is 12.2. The molecule has 0 heterocycles. The first-order valence-corrected chi connectivity index (χ1v) is 9.57. The van der Waals surface area contributed by atoms with E-state index in [0.717, 1.165) is 38.1 Å². The molecule has 2 rings (SSSR count). The molecule has 7 heteroatoms. The van der Waals surface area contributed by atoms with Gasteiger partial charge in [-0.2, -0.15) is 0 Å². The highest BCUT2D eigenvalue weighted by Gasteiger charge is 2.20. The minimum absolute atomic E-state index is 0. The van der Waals surface area contributed by atoms with Crippen LogP contribution in [0.3, 0.4) is 0 Å². The number of nitrogens with one attached hydrogen (secondary N) is 3. The van der Waals surface area contributed by atoms with E-state index in [2.05, 4.69) is 20.9 Å². The van der Waals surface area contributed by atoms with Crippen LogP contribution in [0.4, 0.5) is 0 Å². The van der Waals surface area contributed by atoms with Crippen molar-refractivity contribution in [2.45, 2.75) is 51.4 Å². The van der Waals surface area contributed by atoms with Gasteiger partial charge in [0.25, 0.3) is 0 Å². The number of guanidine groups is 1. The van der Waals surface area contributed by atoms with Crippen molar-refractivity contribution in [3.8, 4) is 0 Å². The number of rotatable bonds is 11. The van der Waals surface area contributed by atoms with Crippen LogP contribution in [-0.4, -0.2) is 51.8 Å². The van der Waals surface area contributed by atoms with E-state index in [-0.39, 0.29) is 29.9 Å². The fourth-order valence-corrected chi connectivity index (χ4v) is 3.07. The Morgan fingerprint density at radius 3 is 2.36 bits per heavy atom. The third-order valence-corrected chi connectivity index (χ3v) is 4.72. The zero-order valence-electron chi connectivity index (χ0n) is 15.5. The monoisotopic (exact) mass is 466 g/mol. The number of carbonyl (C=O) groups excluding carboxylic acids is 1. The second-order valence-corrected chi connectivity index (χ2v) is 7.00. The molecule has 0 aromatic carbocycles. The van der Waals surface area contributed by atoms with Crippen LogP contribution in [0.2, 0.25) is 0 Å². The molecule has 0 spiro atoms. The first-order chi connectivity index (χ1) is 11.8. The van der Waals surface area contributed by atoms with Crippen molar-refractivity contribution in [3.05, 3.63) is 0 Å². The van der Waals surface area contributed by atoms with Crippen molar-refractivity contribution in [3.63, 3.8) is 0 Å². The van der Waals surface area contributed by atoms with E-state index >= 15 is 0 Å². The van der Waals surface area contributed by atoms with Gasteiger partial charge in [-0.25, -0.2) is 0 Å². The topological polar surface area (TPSA) is 74.8 Å². The lowest BCUT2D eigenvalue weighted by molar-refractivity contribution is -0.121. The molecule has 2 saturated carbocycles. The molecule has 0 aliphatic heterocycles. The lowest BCUT2D eigenvalue weighted by Crippen LogP contribution is -2.42. The third-order valence-electron chi connectivity index (χ3n) is 4.72. The molecular formula is C18H35IN4O2. The van der Waals surface area contributed by atoms with E-state index in [1.807, 2.05) is 0 Å². The zero-order valence-corrected chi connectivity index (χ0v) is 17.8. The molecule has 0 saturated heterocycles. The molecule has 0 unspecified atom stereocenters. The highest BCUT2D eigenvalue weighted by Crippen LogP contribution is 2.28. The molecule has 2 fully saturated rings. The van der Waals surface area contributed by atoms with Crippen molar-refractivity contribution >= 4 is 35.8 Å². The Bertz CT molecular complexity index is 397. The summed E-state index contributed by atoms with van der Waals surface area (Å²) in [6.45, 7) is 3.90. The lowest BCUT2D eigenvalue weighted by atomic mass is 10.0. The maximum absolute atomic E-state index is 11.8. The minimum atomic E-state index is 0. The number of carbonyl (C=O) groups is 1. The van der Waals surface area contributed by atoms with E-state index in [0.29, 0.717) is 25.4 Å². The van der Waals surface area contributed by atoms with Crippen LogP contribution in [0.15, 0.2) is 4.99 Å². The molecule has 2 aliphatic carbocycles. The van der Waals surface area contributed by atoms with Gasteiger partial charge in [-0.15, -0.1) is 24.0 Å². The van der Waals surface area contributed by atoms with Gasteiger partial charge in [0, 0.05) is 46.3 Å². The maximum Gasteiger partial charge on any atom is 0.220 e. The molecular weight excluding hydrogens is 431 g/mol. The molecule has 0 aromatic heterocycles. The van der Waals surface area contributed by atoms with E-state index in [1.165, 1.54) is 38.5 Å². The van der Waals surface area contributed by atoms with Crippen molar-refractivity contribution in [1.29, 1.82) is 0 Å². The first-order valence-electron chi connectivity index (χ1n) is 9.57. The predicted octanol–water partition coefficient (Wildman–Crippen LogP) is 2.28. The Morgan fingerprint density at radius 1 is 1.00 bits per heavy atom. The molecule has 2 aliphatic rings. The molecule has 1 amide bonds. The number of halogens is 1. The SMILES string of the molecule is CN=C(NCCCOCC1CC1)NCCNC(=O)CC1CCCC1.I. The van der Waals surface area contributed by atoms with Gasteiger partial charge in [-0.05, 0) is 43.9 Å². The van der Waals surface area contributed by atoms with Crippen LogP contribution in [0.1, 0.15) is 51.4 Å². The summed E-state index contributed by atoms with van der Waals surface area (Å²) < 4.78 is 5.60. The Labute approximate surface area is 169 Å². The summed E-state index contributed by atoms with van der Waals surface area (Å²) in [6, 6.07) is 0. The van der Waals surface area contributed by atoms with Crippen molar-refractivity contribution in [2.24, 2.45) is 16.8 Å². The quantitative estimate of drug-likeness (QED) is 0.189. The fourth-order valence-electron chi connectivity index (χ4n) is 3.07. The van der Waals surface area contributed by atoms with Gasteiger partial charge in [0.1, 0.15) is 0 Å². The summed E-state index contributed by atoms with van der Waals surface area (Å²) >= 11 is 0. The van der Waals surface area contributed by atoms with Gasteiger partial charge in [-0.1, -0.05) is 12.8 Å². The largest absolute Gasteiger partial charge is 0.381 e. The summed E-state index contributed by atoms with van der Waals surface area (Å²) in [7, 11) is 1.76. The van der Waals surface area contributed by atoms with Gasteiger partial charge in [0.15, 0.2) is 5.96 Å². The Morgan fingerprint density at radius 2 is 1.68 bits per heavy atom. The number of aliphatic imine (C=N–C) groups is 1. The van der Waals surface area contributed by atoms with Crippen LogP contribution >= 0.6 is 24.0 Å². The number of ether oxygens (including phenoxy) is 1. The lowest BCUT2D eigenvalue weighted by Gasteiger charge is -2.13. The van der Waals surface area contributed by atoms with E-state index in [4.69, 9.17) is 4.74 Å². The molecule has 3 N–H and O–H groups in total. The van der Waals surface area contributed by atoms with Gasteiger partial charge >= 0.3 is 0 Å². The second-order valence-electron chi connectivity index (χ2n) is 7.00. The summed E-state index contributed by atoms with van der Waals surface area (Å²) in [5.74, 6) is 2.40. The van der Waals surface area contributed by atoms with Gasteiger partial charge in [0.05, 0.1) is 0 Å². The van der Waals surface area contributed by atoms with Crippen molar-refractivity contribution in [2.75, 3.05) is 39.9 Å². The summed E-state index contributed by atoms with van der Waals surface area (Å²) in [6.07, 6.45) is 9.34. The molecule has 0 atom stereocenters. The molecule has 0 aromatic rings. The molecule has 0 radical (unpaired) electrons. The van der Waals surface area contributed by atoms with Gasteiger partial charge in [0.2, 0.25) is 5.91 Å². The molecule has 146 valence electrons. The summed E-state index contributed by atoms with van der Waals surface area (Å²) in [5.41, 5.74) is 0. The van der Waals surface area contributed by atoms with Crippen LogP contribution in [-0.2, 0) is 9.53 Å². The van der Waals surface area contributed by atoms with Gasteiger partial charge in [-0.3, -0.25) is 9.79 Å². The maximum atomic E-state index is 11.8. The number of amides is 1. The fraction of sp³-hybridized carbons (Fsp3) is 0.889. The van der Waals surface area contributed by atoms with Crippen molar-refractivity contribution in [1.82, 2.24) is 16.0 Å². The van der Waals surface area contributed by atoms with Crippen LogP contribution in [0.5, 0.6) is 0 Å². The average Bonchev–Trinajstić information content (AvgIpc) is 3.27. The van der Waals surface area contributed by atoms with Crippen molar-refractivity contribution < 1.29 is 9.53 Å². The highest BCUT2D eigenvalue weighted by molar-refractivity contribution is 14.0. The standard InChI is InChI=1S/C18H34N4O2.HI/c1-19-18(21-9-4-12-24-14-16-7-8-16)22-11-10-20-17(23)13-15-5-2-3-6-15;/h15-16H,2-14H2,1H3,(H,20,23)(H2,19,21,22);1H. The number of nitrogens with zero attached hydrogens (tertiary/aromatic N) is 1. The minimum Gasteiger partial charge on any atom is -0.381 e. The van der Waals surface area contributed by atoms with E-state index in [1.54, 1.807) is 7.05 Å². The van der Waals surface area contributed by atoms with E-state index in [9.17, 15) is 4.79 Å². The molecule has 6 nitrogen and oxygen atoms in total. The second kappa shape index (κ2) is 13.6. The highest BCUT2D eigenvalue weighted by atomic mass is 127. The van der Waals surface area contributed by atoms with Crippen LogP contribution in [0, 0.1) is 11.8 Å². The van der Waals surface area contributed by atoms with Crippen LogP contribution in [0.25, 0.3) is 0 Å². The third kappa shape index (κ3) is 10.9. The summed E-state index contributed by atoms with van der Waals surface area (Å²) in [4.78, 5) is 16.0. The van der Waals surface area contributed by atoms with Gasteiger partial charge < -0.3 is 20.7 Å². The smallest absolute Gasteiger partial charge is 0.220 e. The Hall–Kier alpha value is -0.570.